The number of rotatable bonds is 1. The molecule has 2 N–H and O–H groups in total. The number of anilines is 1. The van der Waals surface area contributed by atoms with E-state index in [9.17, 15) is 0 Å². The van der Waals surface area contributed by atoms with E-state index in [1.165, 1.54) is 22.9 Å². The molecular weight excluding hydrogens is 180 g/mol. The predicted octanol–water partition coefficient (Wildman–Crippen LogP) is 1.24. The van der Waals surface area contributed by atoms with E-state index in [0.717, 1.165) is 9.88 Å². The maximum atomic E-state index is 5.41. The van der Waals surface area contributed by atoms with Crippen LogP contribution in [0.3, 0.4) is 0 Å². The van der Waals surface area contributed by atoms with E-state index in [1.807, 2.05) is 6.07 Å². The van der Waals surface area contributed by atoms with E-state index in [0.29, 0.717) is 5.13 Å². The number of hydrogen-bond donors (Lipinski definition) is 1. The quantitative estimate of drug-likeness (QED) is 0.724. The van der Waals surface area contributed by atoms with E-state index in [1.54, 1.807) is 6.20 Å². The molecular formula is C5H4N4S2. The first kappa shape index (κ1) is 6.68. The number of nitrogens with zero attached hydrogens (tertiary/aromatic N) is 3. The van der Waals surface area contributed by atoms with Crippen molar-refractivity contribution in [2.24, 2.45) is 0 Å². The highest BCUT2D eigenvalue weighted by Gasteiger charge is 2.04. The van der Waals surface area contributed by atoms with E-state index < -0.39 is 0 Å². The van der Waals surface area contributed by atoms with Gasteiger partial charge in [-0.1, -0.05) is 11.3 Å². The first-order valence-electron chi connectivity index (χ1n) is 2.86. The van der Waals surface area contributed by atoms with Crippen LogP contribution in [0.2, 0.25) is 0 Å². The highest BCUT2D eigenvalue weighted by atomic mass is 32.1. The Morgan fingerprint density at radius 1 is 1.36 bits per heavy atom. The van der Waals surface area contributed by atoms with E-state index in [2.05, 4.69) is 14.6 Å². The van der Waals surface area contributed by atoms with Crippen molar-refractivity contribution in [2.75, 3.05) is 5.73 Å². The van der Waals surface area contributed by atoms with Gasteiger partial charge in [0.15, 0.2) is 5.01 Å². The monoisotopic (exact) mass is 184 g/mol. The van der Waals surface area contributed by atoms with Crippen LogP contribution in [0, 0.1) is 0 Å². The lowest BCUT2D eigenvalue weighted by Gasteiger charge is -1.80. The minimum atomic E-state index is 0.494. The Hall–Kier alpha value is -1.01. The Bertz CT molecular complexity index is 339. The topological polar surface area (TPSA) is 64.7 Å². The van der Waals surface area contributed by atoms with Crippen LogP contribution in [0.25, 0.3) is 9.88 Å². The molecule has 2 aromatic rings. The van der Waals surface area contributed by atoms with Gasteiger partial charge >= 0.3 is 0 Å². The molecule has 0 radical (unpaired) electrons. The van der Waals surface area contributed by atoms with E-state index >= 15 is 0 Å². The van der Waals surface area contributed by atoms with Crippen molar-refractivity contribution in [3.05, 3.63) is 12.3 Å². The summed E-state index contributed by atoms with van der Waals surface area (Å²) in [5, 5.41) is 8.90. The van der Waals surface area contributed by atoms with Crippen molar-refractivity contribution < 1.29 is 0 Å². The summed E-state index contributed by atoms with van der Waals surface area (Å²) in [6.07, 6.45) is 1.73. The van der Waals surface area contributed by atoms with Crippen LogP contribution >= 0.6 is 22.9 Å². The third kappa shape index (κ3) is 1.22. The van der Waals surface area contributed by atoms with Crippen molar-refractivity contribution in [1.29, 1.82) is 0 Å². The summed E-state index contributed by atoms with van der Waals surface area (Å²) in [5.74, 6) is 0. The van der Waals surface area contributed by atoms with Crippen LogP contribution in [0.4, 0.5) is 5.13 Å². The lowest BCUT2D eigenvalue weighted by Crippen LogP contribution is -1.79. The molecule has 0 saturated heterocycles. The number of aromatic nitrogens is 3. The lowest BCUT2D eigenvalue weighted by atomic mass is 10.5. The first-order valence-corrected chi connectivity index (χ1v) is 4.45. The lowest BCUT2D eigenvalue weighted by molar-refractivity contribution is 1.11. The molecule has 4 nitrogen and oxygen atoms in total. The van der Waals surface area contributed by atoms with E-state index in [4.69, 9.17) is 5.73 Å². The zero-order chi connectivity index (χ0) is 7.68. The second-order valence-corrected chi connectivity index (χ2v) is 3.66. The summed E-state index contributed by atoms with van der Waals surface area (Å²) in [7, 11) is 0. The summed E-state index contributed by atoms with van der Waals surface area (Å²) in [6, 6.07) is 1.89. The molecule has 0 spiro atoms. The maximum Gasteiger partial charge on any atom is 0.203 e. The SMILES string of the molecule is Nc1nnc(-c2ccns2)s1. The second-order valence-electron chi connectivity index (χ2n) is 1.82. The highest BCUT2D eigenvalue weighted by Crippen LogP contribution is 2.26. The van der Waals surface area contributed by atoms with Crippen molar-refractivity contribution in [3.8, 4) is 9.88 Å². The van der Waals surface area contributed by atoms with Gasteiger partial charge in [0.25, 0.3) is 0 Å². The molecule has 0 fully saturated rings. The zero-order valence-corrected chi connectivity index (χ0v) is 7.02. The van der Waals surface area contributed by atoms with Crippen molar-refractivity contribution in [2.45, 2.75) is 0 Å². The second kappa shape index (κ2) is 2.55. The standard InChI is InChI=1S/C5H4N4S2/c6-5-9-8-4(10-5)3-1-2-7-11-3/h1-2H,(H2,6,9). The fourth-order valence-corrected chi connectivity index (χ4v) is 1.90. The Labute approximate surface area is 70.9 Å². The molecule has 11 heavy (non-hydrogen) atoms. The fourth-order valence-electron chi connectivity index (χ4n) is 0.660. The normalized spacial score (nSPS) is 10.2. The molecule has 6 heteroatoms. The average Bonchev–Trinajstić information content (AvgIpc) is 2.55. The van der Waals surface area contributed by atoms with Gasteiger partial charge in [-0.15, -0.1) is 10.2 Å². The van der Waals surface area contributed by atoms with Crippen LogP contribution in [0.5, 0.6) is 0 Å². The maximum absolute atomic E-state index is 5.41. The highest BCUT2D eigenvalue weighted by molar-refractivity contribution is 7.21. The van der Waals surface area contributed by atoms with Crippen LogP contribution in [0.15, 0.2) is 12.3 Å². The summed E-state index contributed by atoms with van der Waals surface area (Å²) < 4.78 is 3.95. The molecule has 0 saturated carbocycles. The van der Waals surface area contributed by atoms with Gasteiger partial charge in [0.2, 0.25) is 5.13 Å². The van der Waals surface area contributed by atoms with Crippen LogP contribution in [-0.4, -0.2) is 14.6 Å². The third-order valence-electron chi connectivity index (χ3n) is 1.09. The number of nitrogens with two attached hydrogens (primary N) is 1. The Balaban J connectivity index is 2.45. The van der Waals surface area contributed by atoms with Crippen molar-refractivity contribution in [3.63, 3.8) is 0 Å². The van der Waals surface area contributed by atoms with Gasteiger partial charge in [-0.05, 0) is 17.6 Å². The van der Waals surface area contributed by atoms with Crippen molar-refractivity contribution in [1.82, 2.24) is 14.6 Å². The molecule has 0 atom stereocenters. The number of hydrogen-bond acceptors (Lipinski definition) is 6. The summed E-state index contributed by atoms with van der Waals surface area (Å²) >= 11 is 2.76. The largest absolute Gasteiger partial charge is 0.374 e. The summed E-state index contributed by atoms with van der Waals surface area (Å²) in [6.45, 7) is 0. The van der Waals surface area contributed by atoms with Crippen LogP contribution in [0.1, 0.15) is 0 Å². The van der Waals surface area contributed by atoms with Gasteiger partial charge in [-0.2, -0.15) is 0 Å². The molecule has 0 aliphatic rings. The Kier molecular flexibility index (Phi) is 1.55. The molecule has 2 aromatic heterocycles. The fraction of sp³-hybridized carbons (Fsp3) is 0. The smallest absolute Gasteiger partial charge is 0.203 e. The molecule has 0 aliphatic carbocycles. The van der Waals surface area contributed by atoms with Gasteiger partial charge in [0.05, 0.1) is 4.88 Å². The van der Waals surface area contributed by atoms with Gasteiger partial charge in [-0.3, -0.25) is 0 Å². The minimum absolute atomic E-state index is 0.494. The molecule has 0 unspecified atom stereocenters. The minimum Gasteiger partial charge on any atom is -0.374 e. The van der Waals surface area contributed by atoms with Crippen LogP contribution < -0.4 is 5.73 Å². The molecule has 2 rings (SSSR count). The molecule has 56 valence electrons. The predicted molar refractivity (Wildman–Crippen MR) is 45.4 cm³/mol. The van der Waals surface area contributed by atoms with Gasteiger partial charge in [0.1, 0.15) is 0 Å². The average molecular weight is 184 g/mol. The van der Waals surface area contributed by atoms with Crippen LogP contribution in [-0.2, 0) is 0 Å². The molecule has 0 bridgehead atoms. The third-order valence-corrected chi connectivity index (χ3v) is 2.76. The summed E-state index contributed by atoms with van der Waals surface area (Å²) in [4.78, 5) is 1.01. The molecule has 0 aromatic carbocycles. The van der Waals surface area contributed by atoms with Gasteiger partial charge in [0, 0.05) is 6.20 Å². The van der Waals surface area contributed by atoms with Crippen molar-refractivity contribution >= 4 is 28.0 Å². The van der Waals surface area contributed by atoms with Gasteiger partial charge in [-0.25, -0.2) is 4.37 Å². The number of nitrogen functional groups attached to an aromatic ring is 1. The Morgan fingerprint density at radius 2 is 2.27 bits per heavy atom. The Morgan fingerprint density at radius 3 is 2.82 bits per heavy atom. The molecule has 2 heterocycles. The zero-order valence-electron chi connectivity index (χ0n) is 5.39. The molecule has 0 amide bonds. The van der Waals surface area contributed by atoms with E-state index in [-0.39, 0.29) is 0 Å². The first-order chi connectivity index (χ1) is 5.36. The summed E-state index contributed by atoms with van der Waals surface area (Å²) in [5.41, 5.74) is 5.41. The molecule has 0 aliphatic heterocycles. The van der Waals surface area contributed by atoms with Gasteiger partial charge < -0.3 is 5.73 Å².